The molecule has 0 bridgehead atoms. The van der Waals surface area contributed by atoms with Crippen molar-refractivity contribution in [3.8, 4) is 16.3 Å². The largest absolute Gasteiger partial charge is 0.490 e. The summed E-state index contributed by atoms with van der Waals surface area (Å²) >= 11 is 3.01. The Bertz CT molecular complexity index is 1020. The summed E-state index contributed by atoms with van der Waals surface area (Å²) < 4.78 is 5.74. The van der Waals surface area contributed by atoms with Gasteiger partial charge in [0.25, 0.3) is 5.91 Å². The number of nitrogens with zero attached hydrogens (tertiary/aromatic N) is 1. The van der Waals surface area contributed by atoms with E-state index in [1.807, 2.05) is 45.0 Å². The number of carbonyl (C=O) groups excluding carboxylic acids is 2. The Morgan fingerprint density at radius 2 is 1.90 bits per heavy atom. The molecule has 0 fully saturated rings. The second kappa shape index (κ2) is 9.19. The average Bonchev–Trinajstić information content (AvgIpc) is 3.26. The third-order valence-electron chi connectivity index (χ3n) is 3.92. The SMILES string of the molecule is CC(=O)NCc1ccc(-c2nc(NC(=O)c3ccccc3OC(C)C)sc2C)s1. The van der Waals surface area contributed by atoms with Crippen LogP contribution >= 0.6 is 22.7 Å². The van der Waals surface area contributed by atoms with Crippen LogP contribution in [-0.2, 0) is 11.3 Å². The second-order valence-corrected chi connectivity index (χ2v) is 9.09. The molecule has 0 atom stereocenters. The summed E-state index contributed by atoms with van der Waals surface area (Å²) in [6, 6.07) is 11.1. The standard InChI is InChI=1S/C21H23N3O3S2/c1-12(2)27-17-8-6-5-7-16(17)20(26)24-21-23-19(13(3)28-21)18-10-9-15(29-18)11-22-14(4)25/h5-10,12H,11H2,1-4H3,(H,22,25)(H,23,24,26). The molecule has 6 nitrogen and oxygen atoms in total. The summed E-state index contributed by atoms with van der Waals surface area (Å²) in [5.41, 5.74) is 1.32. The number of hydrogen-bond acceptors (Lipinski definition) is 6. The fourth-order valence-corrected chi connectivity index (χ4v) is 4.55. The molecule has 152 valence electrons. The van der Waals surface area contributed by atoms with Gasteiger partial charge in [-0.1, -0.05) is 12.1 Å². The number of benzene rings is 1. The highest BCUT2D eigenvalue weighted by atomic mass is 32.1. The lowest BCUT2D eigenvalue weighted by Gasteiger charge is -2.13. The van der Waals surface area contributed by atoms with Gasteiger partial charge in [0.2, 0.25) is 5.91 Å². The van der Waals surface area contributed by atoms with E-state index in [4.69, 9.17) is 4.74 Å². The minimum absolute atomic E-state index is 0.0248. The van der Waals surface area contributed by atoms with Crippen LogP contribution in [0.2, 0.25) is 0 Å². The molecule has 3 aromatic rings. The molecule has 2 heterocycles. The van der Waals surface area contributed by atoms with Crippen molar-refractivity contribution >= 4 is 39.6 Å². The molecule has 0 aliphatic carbocycles. The molecule has 2 N–H and O–H groups in total. The van der Waals surface area contributed by atoms with Crippen LogP contribution in [0.3, 0.4) is 0 Å². The summed E-state index contributed by atoms with van der Waals surface area (Å²) in [6.07, 6.45) is -0.0248. The van der Waals surface area contributed by atoms with Gasteiger partial charge >= 0.3 is 0 Å². The summed E-state index contributed by atoms with van der Waals surface area (Å²) in [4.78, 5) is 31.5. The minimum atomic E-state index is -0.251. The third kappa shape index (κ3) is 5.42. The highest BCUT2D eigenvalue weighted by molar-refractivity contribution is 7.18. The highest BCUT2D eigenvalue weighted by Crippen LogP contribution is 2.35. The predicted molar refractivity (Wildman–Crippen MR) is 118 cm³/mol. The van der Waals surface area contributed by atoms with Gasteiger partial charge in [0, 0.05) is 16.7 Å². The molecule has 8 heteroatoms. The Kier molecular flexibility index (Phi) is 6.66. The fourth-order valence-electron chi connectivity index (χ4n) is 2.67. The molecule has 0 aliphatic heterocycles. The van der Waals surface area contributed by atoms with Crippen LogP contribution in [0.25, 0.3) is 10.6 Å². The first kappa shape index (κ1) is 21.0. The van der Waals surface area contributed by atoms with E-state index in [2.05, 4.69) is 15.6 Å². The van der Waals surface area contributed by atoms with E-state index in [0.29, 0.717) is 23.0 Å². The number of hydrogen-bond donors (Lipinski definition) is 2. The van der Waals surface area contributed by atoms with Crippen molar-refractivity contribution in [2.24, 2.45) is 0 Å². The molecule has 0 spiro atoms. The average molecular weight is 430 g/mol. The fraction of sp³-hybridized carbons (Fsp3) is 0.286. The maximum Gasteiger partial charge on any atom is 0.261 e. The topological polar surface area (TPSA) is 80.3 Å². The van der Waals surface area contributed by atoms with Crippen molar-refractivity contribution in [2.75, 3.05) is 5.32 Å². The summed E-state index contributed by atoms with van der Waals surface area (Å²) in [6.45, 7) is 7.82. The number of aromatic nitrogens is 1. The third-order valence-corrected chi connectivity index (χ3v) is 5.90. The number of anilines is 1. The van der Waals surface area contributed by atoms with Gasteiger partial charge in [-0.2, -0.15) is 0 Å². The maximum atomic E-state index is 12.8. The van der Waals surface area contributed by atoms with Crippen LogP contribution in [0, 0.1) is 6.92 Å². The Labute approximate surface area is 178 Å². The second-order valence-electron chi connectivity index (χ2n) is 6.72. The van der Waals surface area contributed by atoms with E-state index in [9.17, 15) is 9.59 Å². The summed E-state index contributed by atoms with van der Waals surface area (Å²) in [5, 5.41) is 6.22. The minimum Gasteiger partial charge on any atom is -0.490 e. The molecule has 0 saturated carbocycles. The van der Waals surface area contributed by atoms with Crippen molar-refractivity contribution in [1.29, 1.82) is 0 Å². The van der Waals surface area contributed by atoms with Crippen molar-refractivity contribution in [3.63, 3.8) is 0 Å². The molecule has 1 aromatic carbocycles. The quantitative estimate of drug-likeness (QED) is 0.562. The lowest BCUT2D eigenvalue weighted by molar-refractivity contribution is -0.119. The number of para-hydroxylation sites is 1. The number of carbonyl (C=O) groups is 2. The zero-order chi connectivity index (χ0) is 21.0. The molecule has 29 heavy (non-hydrogen) atoms. The van der Waals surface area contributed by atoms with Crippen molar-refractivity contribution in [2.45, 2.75) is 40.3 Å². The molecular formula is C21H23N3O3S2. The number of thiazole rings is 1. The molecule has 2 aromatic heterocycles. The summed E-state index contributed by atoms with van der Waals surface area (Å²) in [5.74, 6) is 0.241. The zero-order valence-electron chi connectivity index (χ0n) is 16.7. The lowest BCUT2D eigenvalue weighted by Crippen LogP contribution is -2.17. The number of nitrogens with one attached hydrogen (secondary N) is 2. The van der Waals surface area contributed by atoms with Gasteiger partial charge in [-0.25, -0.2) is 4.98 Å². The molecular weight excluding hydrogens is 406 g/mol. The Morgan fingerprint density at radius 1 is 1.14 bits per heavy atom. The monoisotopic (exact) mass is 429 g/mol. The number of amides is 2. The van der Waals surface area contributed by atoms with E-state index in [1.54, 1.807) is 23.5 Å². The first-order valence-corrected chi connectivity index (χ1v) is 10.8. The Morgan fingerprint density at radius 3 is 2.62 bits per heavy atom. The maximum absolute atomic E-state index is 12.8. The van der Waals surface area contributed by atoms with Gasteiger partial charge in [-0.3, -0.25) is 14.9 Å². The molecule has 0 saturated heterocycles. The van der Waals surface area contributed by atoms with Crippen molar-refractivity contribution < 1.29 is 14.3 Å². The number of thiophene rings is 1. The van der Waals surface area contributed by atoms with E-state index >= 15 is 0 Å². The van der Waals surface area contributed by atoms with Crippen LogP contribution in [0.1, 0.15) is 40.9 Å². The van der Waals surface area contributed by atoms with Gasteiger partial charge in [0.15, 0.2) is 5.13 Å². The molecule has 2 amide bonds. The normalized spacial score (nSPS) is 10.8. The van der Waals surface area contributed by atoms with Crippen LogP contribution in [-0.4, -0.2) is 22.9 Å². The zero-order valence-corrected chi connectivity index (χ0v) is 18.4. The van der Waals surface area contributed by atoms with Gasteiger partial charge in [0.1, 0.15) is 5.75 Å². The van der Waals surface area contributed by atoms with Crippen molar-refractivity contribution in [3.05, 3.63) is 51.7 Å². The van der Waals surface area contributed by atoms with E-state index in [-0.39, 0.29) is 17.9 Å². The van der Waals surface area contributed by atoms with Gasteiger partial charge in [-0.05, 0) is 45.0 Å². The Hall–Kier alpha value is -2.71. The number of ether oxygens (including phenoxy) is 1. The van der Waals surface area contributed by atoms with E-state index in [0.717, 1.165) is 20.3 Å². The molecule has 0 aliphatic rings. The van der Waals surface area contributed by atoms with Gasteiger partial charge in [-0.15, -0.1) is 22.7 Å². The van der Waals surface area contributed by atoms with E-state index in [1.165, 1.54) is 18.3 Å². The van der Waals surface area contributed by atoms with Crippen LogP contribution in [0.5, 0.6) is 5.75 Å². The summed E-state index contributed by atoms with van der Waals surface area (Å²) in [7, 11) is 0. The lowest BCUT2D eigenvalue weighted by atomic mass is 10.2. The van der Waals surface area contributed by atoms with Gasteiger partial charge in [0.05, 0.1) is 28.8 Å². The smallest absolute Gasteiger partial charge is 0.261 e. The number of rotatable bonds is 7. The first-order chi connectivity index (χ1) is 13.8. The van der Waals surface area contributed by atoms with Crippen LogP contribution < -0.4 is 15.4 Å². The molecule has 3 rings (SSSR count). The van der Waals surface area contributed by atoms with Crippen LogP contribution in [0.4, 0.5) is 5.13 Å². The molecule has 0 radical (unpaired) electrons. The van der Waals surface area contributed by atoms with Gasteiger partial charge < -0.3 is 10.1 Å². The highest BCUT2D eigenvalue weighted by Gasteiger charge is 2.17. The predicted octanol–water partition coefficient (Wildman–Crippen LogP) is 4.86. The van der Waals surface area contributed by atoms with Crippen LogP contribution in [0.15, 0.2) is 36.4 Å². The first-order valence-electron chi connectivity index (χ1n) is 9.21. The van der Waals surface area contributed by atoms with E-state index < -0.39 is 0 Å². The van der Waals surface area contributed by atoms with Crippen molar-refractivity contribution in [1.82, 2.24) is 10.3 Å². The Balaban J connectivity index is 1.76. The number of aryl methyl sites for hydroxylation is 1. The molecule has 0 unspecified atom stereocenters.